The summed E-state index contributed by atoms with van der Waals surface area (Å²) >= 11 is 0. The third-order valence-electron chi connectivity index (χ3n) is 5.33. The molecule has 0 saturated carbocycles. The lowest BCUT2D eigenvalue weighted by Gasteiger charge is -2.38. The van der Waals surface area contributed by atoms with E-state index in [-0.39, 0.29) is 6.04 Å². The Kier molecular flexibility index (Phi) is 5.14. The highest BCUT2D eigenvalue weighted by Crippen LogP contribution is 2.29. The van der Waals surface area contributed by atoms with Crippen LogP contribution in [0.1, 0.15) is 32.3 Å². The highest BCUT2D eigenvalue weighted by atomic mass is 32.2. The number of sulfonamides is 1. The zero-order valence-corrected chi connectivity index (χ0v) is 16.3. The van der Waals surface area contributed by atoms with E-state index in [1.54, 1.807) is 29.7 Å². The van der Waals surface area contributed by atoms with E-state index in [9.17, 15) is 8.42 Å². The van der Waals surface area contributed by atoms with Crippen LogP contribution in [-0.4, -0.2) is 54.8 Å². The van der Waals surface area contributed by atoms with Gasteiger partial charge in [0.1, 0.15) is 0 Å². The molecule has 0 aliphatic carbocycles. The van der Waals surface area contributed by atoms with Gasteiger partial charge in [-0.25, -0.2) is 8.42 Å². The van der Waals surface area contributed by atoms with Crippen LogP contribution >= 0.6 is 0 Å². The standard InChI is InChI=1S/C19H27N3O2S/c1-14(2)22-12-9-16(10-13-22)21(4)25(23,24)18-8-7-15(3)19-17(18)6-5-11-20-19/h5-8,11,14,16H,9-10,12-13H2,1-4H3. The zero-order chi connectivity index (χ0) is 18.2. The van der Waals surface area contributed by atoms with Crippen LogP contribution in [0.2, 0.25) is 0 Å². The van der Waals surface area contributed by atoms with Crippen LogP contribution < -0.4 is 0 Å². The van der Waals surface area contributed by atoms with Gasteiger partial charge in [-0.05, 0) is 70.5 Å². The molecule has 0 spiro atoms. The molecule has 2 aromatic rings. The number of fused-ring (bicyclic) bond motifs is 1. The average Bonchev–Trinajstić information content (AvgIpc) is 2.61. The maximum Gasteiger partial charge on any atom is 0.243 e. The Bertz CT molecular complexity index is 856. The minimum absolute atomic E-state index is 0.0491. The highest BCUT2D eigenvalue weighted by molar-refractivity contribution is 7.89. The quantitative estimate of drug-likeness (QED) is 0.840. The molecule has 1 saturated heterocycles. The van der Waals surface area contributed by atoms with Gasteiger partial charge in [-0.1, -0.05) is 6.07 Å². The van der Waals surface area contributed by atoms with Gasteiger partial charge < -0.3 is 4.90 Å². The number of aryl methyl sites for hydroxylation is 1. The van der Waals surface area contributed by atoms with E-state index < -0.39 is 10.0 Å². The Morgan fingerprint density at radius 1 is 1.20 bits per heavy atom. The first-order valence-electron chi connectivity index (χ1n) is 8.89. The number of benzene rings is 1. The number of rotatable bonds is 4. The monoisotopic (exact) mass is 361 g/mol. The van der Waals surface area contributed by atoms with E-state index in [2.05, 4.69) is 23.7 Å². The second-order valence-electron chi connectivity index (χ2n) is 7.16. The summed E-state index contributed by atoms with van der Waals surface area (Å²) in [5.74, 6) is 0. The molecule has 3 rings (SSSR count). The van der Waals surface area contributed by atoms with E-state index in [0.29, 0.717) is 16.3 Å². The summed E-state index contributed by atoms with van der Waals surface area (Å²) in [6, 6.07) is 7.76. The number of likely N-dealkylation sites (tertiary alicyclic amines) is 1. The molecule has 136 valence electrons. The SMILES string of the molecule is Cc1ccc(S(=O)(=O)N(C)C2CCN(C(C)C)CC2)c2cccnc12. The summed E-state index contributed by atoms with van der Waals surface area (Å²) in [6.45, 7) is 8.21. The van der Waals surface area contributed by atoms with Gasteiger partial charge in [-0.2, -0.15) is 4.31 Å². The Morgan fingerprint density at radius 3 is 2.52 bits per heavy atom. The summed E-state index contributed by atoms with van der Waals surface area (Å²) in [5, 5.41) is 0.703. The highest BCUT2D eigenvalue weighted by Gasteiger charge is 2.32. The third kappa shape index (κ3) is 3.43. The third-order valence-corrected chi connectivity index (χ3v) is 7.30. The van der Waals surface area contributed by atoms with Crippen molar-refractivity contribution in [1.82, 2.24) is 14.2 Å². The summed E-state index contributed by atoms with van der Waals surface area (Å²) < 4.78 is 28.1. The van der Waals surface area contributed by atoms with Crippen LogP contribution in [0.15, 0.2) is 35.4 Å². The number of hydrogen-bond acceptors (Lipinski definition) is 4. The minimum Gasteiger partial charge on any atom is -0.301 e. The van der Waals surface area contributed by atoms with E-state index in [1.807, 2.05) is 19.1 Å². The Morgan fingerprint density at radius 2 is 1.88 bits per heavy atom. The second kappa shape index (κ2) is 7.02. The van der Waals surface area contributed by atoms with Crippen molar-refractivity contribution in [3.05, 3.63) is 36.0 Å². The first-order valence-corrected chi connectivity index (χ1v) is 10.3. The van der Waals surface area contributed by atoms with Crippen LogP contribution in [0.3, 0.4) is 0 Å². The summed E-state index contributed by atoms with van der Waals surface area (Å²) in [6.07, 6.45) is 3.45. The molecule has 1 fully saturated rings. The van der Waals surface area contributed by atoms with Crippen molar-refractivity contribution in [1.29, 1.82) is 0 Å². The lowest BCUT2D eigenvalue weighted by atomic mass is 10.0. The van der Waals surface area contributed by atoms with Crippen LogP contribution in [0.25, 0.3) is 10.9 Å². The van der Waals surface area contributed by atoms with Gasteiger partial charge in [0.2, 0.25) is 10.0 Å². The Hall–Kier alpha value is -1.50. The molecular weight excluding hydrogens is 334 g/mol. The fraction of sp³-hybridized carbons (Fsp3) is 0.526. The second-order valence-corrected chi connectivity index (χ2v) is 9.13. The van der Waals surface area contributed by atoms with E-state index >= 15 is 0 Å². The molecule has 6 heteroatoms. The molecule has 0 N–H and O–H groups in total. The van der Waals surface area contributed by atoms with Crippen LogP contribution in [-0.2, 0) is 10.0 Å². The number of hydrogen-bond donors (Lipinski definition) is 0. The molecule has 0 amide bonds. The summed E-state index contributed by atoms with van der Waals surface area (Å²) in [5.41, 5.74) is 1.74. The van der Waals surface area contributed by atoms with E-state index in [4.69, 9.17) is 0 Å². The number of pyridine rings is 1. The molecule has 0 unspecified atom stereocenters. The topological polar surface area (TPSA) is 53.5 Å². The normalized spacial score (nSPS) is 17.7. The van der Waals surface area contributed by atoms with E-state index in [0.717, 1.165) is 37.0 Å². The van der Waals surface area contributed by atoms with Gasteiger partial charge in [0.05, 0.1) is 10.4 Å². The van der Waals surface area contributed by atoms with E-state index in [1.165, 1.54) is 0 Å². The molecule has 0 radical (unpaired) electrons. The smallest absolute Gasteiger partial charge is 0.243 e. The molecule has 1 aromatic heterocycles. The molecule has 2 heterocycles. The van der Waals surface area contributed by atoms with Crippen molar-refractivity contribution in [2.45, 2.75) is 50.6 Å². The van der Waals surface area contributed by atoms with Gasteiger partial charge in [0.25, 0.3) is 0 Å². The molecule has 0 bridgehead atoms. The molecule has 0 atom stereocenters. The number of nitrogens with zero attached hydrogens (tertiary/aromatic N) is 3. The number of piperidine rings is 1. The predicted octanol–water partition coefficient (Wildman–Crippen LogP) is 3.04. The first kappa shape index (κ1) is 18.3. The van der Waals surface area contributed by atoms with Crippen molar-refractivity contribution in [2.24, 2.45) is 0 Å². The first-order chi connectivity index (χ1) is 11.8. The van der Waals surface area contributed by atoms with Crippen molar-refractivity contribution in [3.8, 4) is 0 Å². The minimum atomic E-state index is -3.54. The fourth-order valence-corrected chi connectivity index (χ4v) is 5.23. The zero-order valence-electron chi connectivity index (χ0n) is 15.4. The molecule has 25 heavy (non-hydrogen) atoms. The van der Waals surface area contributed by atoms with Crippen LogP contribution in [0, 0.1) is 6.92 Å². The molecular formula is C19H27N3O2S. The molecule has 1 aliphatic heterocycles. The lowest BCUT2D eigenvalue weighted by molar-refractivity contribution is 0.140. The van der Waals surface area contributed by atoms with Crippen LogP contribution in [0.4, 0.5) is 0 Å². The largest absolute Gasteiger partial charge is 0.301 e. The van der Waals surface area contributed by atoms with Crippen molar-refractivity contribution in [3.63, 3.8) is 0 Å². The lowest BCUT2D eigenvalue weighted by Crippen LogP contribution is -2.47. The summed E-state index contributed by atoms with van der Waals surface area (Å²) in [7, 11) is -1.83. The van der Waals surface area contributed by atoms with Crippen molar-refractivity contribution < 1.29 is 8.42 Å². The molecule has 1 aliphatic rings. The van der Waals surface area contributed by atoms with Gasteiger partial charge in [-0.15, -0.1) is 0 Å². The maximum atomic E-state index is 13.3. The number of aromatic nitrogens is 1. The maximum absolute atomic E-state index is 13.3. The van der Waals surface area contributed by atoms with Crippen molar-refractivity contribution in [2.75, 3.05) is 20.1 Å². The molecule has 5 nitrogen and oxygen atoms in total. The van der Waals surface area contributed by atoms with Gasteiger partial charge in [0, 0.05) is 30.7 Å². The van der Waals surface area contributed by atoms with Crippen molar-refractivity contribution >= 4 is 20.9 Å². The van der Waals surface area contributed by atoms with Gasteiger partial charge >= 0.3 is 0 Å². The average molecular weight is 362 g/mol. The fourth-order valence-electron chi connectivity index (χ4n) is 3.63. The Labute approximate surface area is 150 Å². The Balaban J connectivity index is 1.91. The van der Waals surface area contributed by atoms with Crippen LogP contribution in [0.5, 0.6) is 0 Å². The van der Waals surface area contributed by atoms with Gasteiger partial charge in [0.15, 0.2) is 0 Å². The van der Waals surface area contributed by atoms with Gasteiger partial charge in [-0.3, -0.25) is 4.98 Å². The summed E-state index contributed by atoms with van der Waals surface area (Å²) in [4.78, 5) is 7.13. The molecule has 1 aromatic carbocycles. The predicted molar refractivity (Wildman–Crippen MR) is 101 cm³/mol.